The largest absolute Gasteiger partial charge is 0.348 e. The molecule has 0 atom stereocenters. The van der Waals surface area contributed by atoms with Crippen molar-refractivity contribution in [3.63, 3.8) is 0 Å². The first-order chi connectivity index (χ1) is 6.72. The second kappa shape index (κ2) is 5.17. The van der Waals surface area contributed by atoms with E-state index < -0.39 is 0 Å². The molecule has 0 aromatic carbocycles. The maximum absolute atomic E-state index is 11.1. The van der Waals surface area contributed by atoms with Crippen molar-refractivity contribution < 1.29 is 4.79 Å². The van der Waals surface area contributed by atoms with Crippen molar-refractivity contribution in [2.75, 3.05) is 0 Å². The molecule has 3 nitrogen and oxygen atoms in total. The number of carbonyl (C=O) groups is 1. The number of rotatable bonds is 3. The Morgan fingerprint density at radius 3 is 3.07 bits per heavy atom. The Bertz CT molecular complexity index is 345. The normalized spacial score (nSPS) is 10.4. The van der Waals surface area contributed by atoms with E-state index >= 15 is 0 Å². The number of nitrogens with zero attached hydrogens (tertiary/aromatic N) is 1. The van der Waals surface area contributed by atoms with Crippen LogP contribution in [0.4, 0.5) is 0 Å². The quantitative estimate of drug-likeness (QED) is 0.735. The fourth-order valence-corrected chi connectivity index (χ4v) is 1.11. The van der Waals surface area contributed by atoms with Crippen LogP contribution in [-0.4, -0.2) is 10.9 Å². The van der Waals surface area contributed by atoms with Gasteiger partial charge in [0.15, 0.2) is 0 Å². The van der Waals surface area contributed by atoms with Crippen LogP contribution in [0.1, 0.15) is 18.2 Å². The van der Waals surface area contributed by atoms with Crippen LogP contribution in [0.5, 0.6) is 0 Å². The van der Waals surface area contributed by atoms with Gasteiger partial charge in [-0.05, 0) is 37.6 Å². The molecule has 74 valence electrons. The minimum absolute atomic E-state index is 0.0676. The number of hydrogen-bond acceptors (Lipinski definition) is 2. The molecule has 1 heterocycles. The number of nitrogens with one attached hydrogen (secondary N) is 1. The minimum atomic E-state index is -0.0676. The van der Waals surface area contributed by atoms with E-state index in [2.05, 4.69) is 10.3 Å². The van der Waals surface area contributed by atoms with Crippen molar-refractivity contribution in [2.24, 2.45) is 0 Å². The molecule has 0 aliphatic carbocycles. The van der Waals surface area contributed by atoms with Gasteiger partial charge in [0.05, 0.1) is 0 Å². The molecule has 1 rings (SSSR count). The zero-order valence-electron chi connectivity index (χ0n) is 8.45. The number of hydrogen-bond donors (Lipinski definition) is 1. The summed E-state index contributed by atoms with van der Waals surface area (Å²) in [6.45, 7) is 4.29. The number of amides is 1. The molecule has 14 heavy (non-hydrogen) atoms. The average molecular weight is 190 g/mol. The Kier molecular flexibility index (Phi) is 3.85. The van der Waals surface area contributed by atoms with Gasteiger partial charge in [-0.1, -0.05) is 6.08 Å². The van der Waals surface area contributed by atoms with Crippen molar-refractivity contribution in [3.8, 4) is 0 Å². The molecule has 0 saturated heterocycles. The van der Waals surface area contributed by atoms with E-state index in [-0.39, 0.29) is 5.91 Å². The Labute approximate surface area is 83.9 Å². The molecule has 0 bridgehead atoms. The second-order valence-electron chi connectivity index (χ2n) is 3.02. The van der Waals surface area contributed by atoms with E-state index in [0.717, 1.165) is 11.3 Å². The highest BCUT2D eigenvalue weighted by Crippen LogP contribution is 1.99. The molecule has 0 spiro atoms. The topological polar surface area (TPSA) is 42.0 Å². The van der Waals surface area contributed by atoms with Gasteiger partial charge in [-0.3, -0.25) is 9.78 Å². The Morgan fingerprint density at radius 2 is 2.43 bits per heavy atom. The molecule has 0 aliphatic heterocycles. The molecule has 0 saturated carbocycles. The van der Waals surface area contributed by atoms with Crippen LogP contribution >= 0.6 is 0 Å². The number of allylic oxidation sites excluding steroid dienone is 1. The predicted molar refractivity (Wildman–Crippen MR) is 55.6 cm³/mol. The summed E-state index contributed by atoms with van der Waals surface area (Å²) in [6.07, 6.45) is 4.97. The summed E-state index contributed by atoms with van der Waals surface area (Å²) in [5, 5.41) is 2.77. The highest BCUT2D eigenvalue weighted by Gasteiger charge is 1.96. The summed E-state index contributed by atoms with van der Waals surface area (Å²) >= 11 is 0. The maximum Gasteiger partial charge on any atom is 0.243 e. The fraction of sp³-hybridized carbons (Fsp3) is 0.273. The van der Waals surface area contributed by atoms with Crippen LogP contribution in [0.15, 0.2) is 30.5 Å². The molecule has 0 fully saturated rings. The zero-order chi connectivity index (χ0) is 10.4. The van der Waals surface area contributed by atoms with E-state index in [0.29, 0.717) is 6.54 Å². The molecular weight excluding hydrogens is 176 g/mol. The molecular formula is C11H14N2O. The molecule has 1 N–H and O–H groups in total. The first-order valence-electron chi connectivity index (χ1n) is 4.54. The lowest BCUT2D eigenvalue weighted by Gasteiger charge is -2.02. The summed E-state index contributed by atoms with van der Waals surface area (Å²) in [4.78, 5) is 15.2. The van der Waals surface area contributed by atoms with Crippen molar-refractivity contribution in [2.45, 2.75) is 20.4 Å². The van der Waals surface area contributed by atoms with Gasteiger partial charge in [-0.15, -0.1) is 0 Å². The SMILES string of the molecule is C/C=C/C(=O)NCc1ccnc(C)c1. The molecule has 1 aromatic rings. The smallest absolute Gasteiger partial charge is 0.243 e. The summed E-state index contributed by atoms with van der Waals surface area (Å²) < 4.78 is 0. The van der Waals surface area contributed by atoms with Crippen LogP contribution in [0, 0.1) is 6.92 Å². The summed E-state index contributed by atoms with van der Waals surface area (Å²) in [6, 6.07) is 3.85. The Balaban J connectivity index is 2.49. The van der Waals surface area contributed by atoms with E-state index in [1.807, 2.05) is 26.0 Å². The van der Waals surface area contributed by atoms with Gasteiger partial charge < -0.3 is 5.32 Å². The van der Waals surface area contributed by atoms with Crippen LogP contribution in [0.2, 0.25) is 0 Å². The zero-order valence-corrected chi connectivity index (χ0v) is 8.45. The first kappa shape index (κ1) is 10.4. The maximum atomic E-state index is 11.1. The van der Waals surface area contributed by atoms with Crippen LogP contribution in [0.25, 0.3) is 0 Å². The Morgan fingerprint density at radius 1 is 1.64 bits per heavy atom. The predicted octanol–water partition coefficient (Wildman–Crippen LogP) is 1.58. The van der Waals surface area contributed by atoms with Crippen molar-refractivity contribution in [1.82, 2.24) is 10.3 Å². The standard InChI is InChI=1S/C11H14N2O/c1-3-4-11(14)13-8-10-5-6-12-9(2)7-10/h3-7H,8H2,1-2H3,(H,13,14)/b4-3+. The van der Waals surface area contributed by atoms with Gasteiger partial charge in [0.1, 0.15) is 0 Å². The van der Waals surface area contributed by atoms with Gasteiger partial charge in [0.25, 0.3) is 0 Å². The highest BCUT2D eigenvalue weighted by molar-refractivity contribution is 5.87. The molecule has 0 aliphatic rings. The van der Waals surface area contributed by atoms with Crippen LogP contribution < -0.4 is 5.32 Å². The number of pyridine rings is 1. The summed E-state index contributed by atoms with van der Waals surface area (Å²) in [5.74, 6) is -0.0676. The average Bonchev–Trinajstić information content (AvgIpc) is 2.15. The lowest BCUT2D eigenvalue weighted by atomic mass is 10.2. The molecule has 0 unspecified atom stereocenters. The third-order valence-electron chi connectivity index (χ3n) is 1.75. The summed E-state index contributed by atoms with van der Waals surface area (Å²) in [7, 11) is 0. The minimum Gasteiger partial charge on any atom is -0.348 e. The van der Waals surface area contributed by atoms with E-state index in [9.17, 15) is 4.79 Å². The number of aromatic nitrogens is 1. The van der Waals surface area contributed by atoms with Crippen LogP contribution in [-0.2, 0) is 11.3 Å². The highest BCUT2D eigenvalue weighted by atomic mass is 16.1. The molecule has 3 heteroatoms. The third kappa shape index (κ3) is 3.39. The monoisotopic (exact) mass is 190 g/mol. The number of aryl methyl sites for hydroxylation is 1. The van der Waals surface area contributed by atoms with Crippen molar-refractivity contribution >= 4 is 5.91 Å². The first-order valence-corrected chi connectivity index (χ1v) is 4.54. The second-order valence-corrected chi connectivity index (χ2v) is 3.02. The van der Waals surface area contributed by atoms with Gasteiger partial charge in [-0.25, -0.2) is 0 Å². The van der Waals surface area contributed by atoms with Gasteiger partial charge in [0.2, 0.25) is 5.91 Å². The van der Waals surface area contributed by atoms with Crippen LogP contribution in [0.3, 0.4) is 0 Å². The van der Waals surface area contributed by atoms with Crippen molar-refractivity contribution in [3.05, 3.63) is 41.7 Å². The van der Waals surface area contributed by atoms with Gasteiger partial charge in [-0.2, -0.15) is 0 Å². The fourth-order valence-electron chi connectivity index (χ4n) is 1.11. The third-order valence-corrected chi connectivity index (χ3v) is 1.75. The van der Waals surface area contributed by atoms with Gasteiger partial charge in [0, 0.05) is 18.4 Å². The Hall–Kier alpha value is -1.64. The summed E-state index contributed by atoms with van der Waals surface area (Å²) in [5.41, 5.74) is 2.03. The van der Waals surface area contributed by atoms with Gasteiger partial charge >= 0.3 is 0 Å². The van der Waals surface area contributed by atoms with E-state index in [4.69, 9.17) is 0 Å². The molecule has 1 amide bonds. The van der Waals surface area contributed by atoms with E-state index in [1.165, 1.54) is 6.08 Å². The number of carbonyl (C=O) groups excluding carboxylic acids is 1. The lowest BCUT2D eigenvalue weighted by molar-refractivity contribution is -0.116. The van der Waals surface area contributed by atoms with E-state index in [1.54, 1.807) is 12.3 Å². The molecule has 0 radical (unpaired) electrons. The van der Waals surface area contributed by atoms with Crippen molar-refractivity contribution in [1.29, 1.82) is 0 Å². The lowest BCUT2D eigenvalue weighted by Crippen LogP contribution is -2.20. The molecule has 1 aromatic heterocycles.